The van der Waals surface area contributed by atoms with E-state index < -0.39 is 0 Å². The number of carbonyl (C=O) groups excluding carboxylic acids is 2. The van der Waals surface area contributed by atoms with Crippen molar-refractivity contribution in [3.8, 4) is 0 Å². The standard InChI is InChI=1S/C13H24N2O2S/c1-8(2)10(11(16)15-13(3,4)5)14-9-6-7-18-12(9)17/h8-10,14H,6-7H2,1-5H3,(H,15,16). The molecule has 18 heavy (non-hydrogen) atoms. The quantitative estimate of drug-likeness (QED) is 0.815. The second kappa shape index (κ2) is 6.06. The van der Waals surface area contributed by atoms with Gasteiger partial charge in [-0.25, -0.2) is 0 Å². The zero-order chi connectivity index (χ0) is 13.9. The Morgan fingerprint density at radius 2 is 2.00 bits per heavy atom. The molecule has 0 aromatic carbocycles. The normalized spacial score (nSPS) is 22.3. The Morgan fingerprint density at radius 3 is 2.39 bits per heavy atom. The first kappa shape index (κ1) is 15.5. The average molecular weight is 272 g/mol. The van der Waals surface area contributed by atoms with Gasteiger partial charge >= 0.3 is 0 Å². The number of hydrogen-bond acceptors (Lipinski definition) is 4. The van der Waals surface area contributed by atoms with Gasteiger partial charge in [0.05, 0.1) is 12.1 Å². The average Bonchev–Trinajstić information content (AvgIpc) is 2.57. The van der Waals surface area contributed by atoms with Crippen LogP contribution < -0.4 is 10.6 Å². The van der Waals surface area contributed by atoms with Crippen molar-refractivity contribution < 1.29 is 9.59 Å². The van der Waals surface area contributed by atoms with Gasteiger partial charge in [0.2, 0.25) is 11.0 Å². The summed E-state index contributed by atoms with van der Waals surface area (Å²) in [6.07, 6.45) is 0.815. The van der Waals surface area contributed by atoms with Crippen LogP contribution in [0.5, 0.6) is 0 Å². The summed E-state index contributed by atoms with van der Waals surface area (Å²) in [5.74, 6) is 0.982. The van der Waals surface area contributed by atoms with Crippen molar-refractivity contribution in [3.63, 3.8) is 0 Å². The Labute approximate surface area is 114 Å². The maximum absolute atomic E-state index is 12.2. The Morgan fingerprint density at radius 1 is 1.39 bits per heavy atom. The summed E-state index contributed by atoms with van der Waals surface area (Å²) >= 11 is 1.35. The van der Waals surface area contributed by atoms with Crippen molar-refractivity contribution in [1.82, 2.24) is 10.6 Å². The molecule has 1 heterocycles. The molecule has 0 aromatic rings. The van der Waals surface area contributed by atoms with Crippen molar-refractivity contribution in [1.29, 1.82) is 0 Å². The molecule has 2 unspecified atom stereocenters. The van der Waals surface area contributed by atoms with Crippen LogP contribution in [0.3, 0.4) is 0 Å². The zero-order valence-electron chi connectivity index (χ0n) is 11.9. The van der Waals surface area contributed by atoms with E-state index in [2.05, 4.69) is 10.6 Å². The minimum absolute atomic E-state index is 0.0257. The molecule has 0 aliphatic carbocycles. The highest BCUT2D eigenvalue weighted by molar-refractivity contribution is 8.14. The maximum Gasteiger partial charge on any atom is 0.237 e. The van der Waals surface area contributed by atoms with Gasteiger partial charge in [0, 0.05) is 11.3 Å². The first-order valence-electron chi connectivity index (χ1n) is 6.45. The number of hydrogen-bond donors (Lipinski definition) is 2. The van der Waals surface area contributed by atoms with Gasteiger partial charge in [-0.1, -0.05) is 25.6 Å². The fourth-order valence-electron chi connectivity index (χ4n) is 1.88. The van der Waals surface area contributed by atoms with Gasteiger partial charge in [0.25, 0.3) is 0 Å². The molecule has 1 fully saturated rings. The smallest absolute Gasteiger partial charge is 0.237 e. The lowest BCUT2D eigenvalue weighted by molar-refractivity contribution is -0.126. The van der Waals surface area contributed by atoms with E-state index in [1.807, 2.05) is 34.6 Å². The third-order valence-electron chi connectivity index (χ3n) is 2.76. The molecule has 0 aromatic heterocycles. The molecule has 0 radical (unpaired) electrons. The fraction of sp³-hybridized carbons (Fsp3) is 0.846. The molecule has 1 aliphatic heterocycles. The third-order valence-corrected chi connectivity index (χ3v) is 3.77. The Bertz CT molecular complexity index is 323. The lowest BCUT2D eigenvalue weighted by Gasteiger charge is -2.29. The molecule has 104 valence electrons. The van der Waals surface area contributed by atoms with Crippen molar-refractivity contribution in [2.75, 3.05) is 5.75 Å². The maximum atomic E-state index is 12.2. The van der Waals surface area contributed by atoms with E-state index in [0.717, 1.165) is 12.2 Å². The van der Waals surface area contributed by atoms with Crippen LogP contribution in [0.1, 0.15) is 41.0 Å². The van der Waals surface area contributed by atoms with Gasteiger partial charge < -0.3 is 5.32 Å². The van der Waals surface area contributed by atoms with E-state index in [9.17, 15) is 9.59 Å². The van der Waals surface area contributed by atoms with E-state index in [0.29, 0.717) is 0 Å². The molecule has 1 amide bonds. The van der Waals surface area contributed by atoms with E-state index in [1.54, 1.807) is 0 Å². The molecular weight excluding hydrogens is 248 g/mol. The molecule has 2 N–H and O–H groups in total. The monoisotopic (exact) mass is 272 g/mol. The second-order valence-electron chi connectivity index (χ2n) is 6.14. The van der Waals surface area contributed by atoms with Crippen molar-refractivity contribution in [2.24, 2.45) is 5.92 Å². The topological polar surface area (TPSA) is 58.2 Å². The molecule has 0 bridgehead atoms. The first-order chi connectivity index (χ1) is 8.20. The molecule has 0 spiro atoms. The summed E-state index contributed by atoms with van der Waals surface area (Å²) in [6, 6.07) is -0.481. The number of carbonyl (C=O) groups is 2. The van der Waals surface area contributed by atoms with Gasteiger partial charge in [0.15, 0.2) is 0 Å². The van der Waals surface area contributed by atoms with Crippen molar-refractivity contribution in [3.05, 3.63) is 0 Å². The van der Waals surface area contributed by atoms with Gasteiger partial charge in [0.1, 0.15) is 0 Å². The molecule has 5 heteroatoms. The van der Waals surface area contributed by atoms with Gasteiger partial charge in [-0.2, -0.15) is 0 Å². The van der Waals surface area contributed by atoms with E-state index in [-0.39, 0.29) is 34.6 Å². The van der Waals surface area contributed by atoms with Crippen molar-refractivity contribution >= 4 is 22.8 Å². The zero-order valence-corrected chi connectivity index (χ0v) is 12.7. The minimum Gasteiger partial charge on any atom is -0.350 e. The number of rotatable bonds is 4. The Balaban J connectivity index is 2.65. The molecule has 1 aliphatic rings. The number of nitrogens with one attached hydrogen (secondary N) is 2. The van der Waals surface area contributed by atoms with E-state index >= 15 is 0 Å². The van der Waals surface area contributed by atoms with Crippen molar-refractivity contribution in [2.45, 2.75) is 58.7 Å². The molecular formula is C13H24N2O2S. The van der Waals surface area contributed by atoms with Crippen LogP contribution >= 0.6 is 11.8 Å². The SMILES string of the molecule is CC(C)C(NC1CCSC1=O)C(=O)NC(C)(C)C. The number of thioether (sulfide) groups is 1. The number of amides is 1. The largest absolute Gasteiger partial charge is 0.350 e. The lowest BCUT2D eigenvalue weighted by atomic mass is 10.00. The predicted molar refractivity (Wildman–Crippen MR) is 75.5 cm³/mol. The molecule has 1 rings (SSSR count). The highest BCUT2D eigenvalue weighted by Gasteiger charge is 2.32. The minimum atomic E-state index is -0.308. The van der Waals surface area contributed by atoms with Gasteiger partial charge in [-0.05, 0) is 33.1 Å². The van der Waals surface area contributed by atoms with E-state index in [4.69, 9.17) is 0 Å². The Hall–Kier alpha value is -0.550. The van der Waals surface area contributed by atoms with Crippen LogP contribution in [0.2, 0.25) is 0 Å². The van der Waals surface area contributed by atoms with Crippen LogP contribution in [0, 0.1) is 5.92 Å². The highest BCUT2D eigenvalue weighted by Crippen LogP contribution is 2.21. The Kier molecular flexibility index (Phi) is 5.22. The van der Waals surface area contributed by atoms with Crippen LogP contribution in [0.4, 0.5) is 0 Å². The second-order valence-corrected chi connectivity index (χ2v) is 7.24. The van der Waals surface area contributed by atoms with Crippen LogP contribution in [0.25, 0.3) is 0 Å². The summed E-state index contributed by atoms with van der Waals surface area (Å²) in [5, 5.41) is 6.33. The third kappa shape index (κ3) is 4.61. The van der Waals surface area contributed by atoms with Gasteiger partial charge in [-0.3, -0.25) is 14.9 Å². The first-order valence-corrected chi connectivity index (χ1v) is 7.44. The van der Waals surface area contributed by atoms with Gasteiger partial charge in [-0.15, -0.1) is 0 Å². The summed E-state index contributed by atoms with van der Waals surface area (Å²) < 4.78 is 0. The summed E-state index contributed by atoms with van der Waals surface area (Å²) in [4.78, 5) is 23.8. The molecule has 1 saturated heterocycles. The molecule has 0 saturated carbocycles. The van der Waals surface area contributed by atoms with E-state index in [1.165, 1.54) is 11.8 Å². The molecule has 2 atom stereocenters. The summed E-state index contributed by atoms with van der Waals surface area (Å²) in [6.45, 7) is 9.86. The van der Waals surface area contributed by atoms with Crippen LogP contribution in [0.15, 0.2) is 0 Å². The van der Waals surface area contributed by atoms with Crippen LogP contribution in [-0.4, -0.2) is 34.4 Å². The lowest BCUT2D eigenvalue weighted by Crippen LogP contribution is -2.55. The summed E-state index contributed by atoms with van der Waals surface area (Å²) in [5.41, 5.74) is -0.250. The predicted octanol–water partition coefficient (Wildman–Crippen LogP) is 1.55. The molecule has 4 nitrogen and oxygen atoms in total. The summed E-state index contributed by atoms with van der Waals surface area (Å²) in [7, 11) is 0. The highest BCUT2D eigenvalue weighted by atomic mass is 32.2. The fourth-order valence-corrected chi connectivity index (χ4v) is 2.82. The van der Waals surface area contributed by atoms with Crippen LogP contribution in [-0.2, 0) is 9.59 Å².